The van der Waals surface area contributed by atoms with Gasteiger partial charge in [0.2, 0.25) is 0 Å². The monoisotopic (exact) mass is 236 g/mol. The van der Waals surface area contributed by atoms with E-state index in [1.54, 1.807) is 22.2 Å². The summed E-state index contributed by atoms with van der Waals surface area (Å²) in [6.45, 7) is 4.12. The Morgan fingerprint density at radius 1 is 1.50 bits per heavy atom. The van der Waals surface area contributed by atoms with Gasteiger partial charge in [-0.1, -0.05) is 0 Å². The molecule has 0 aliphatic rings. The number of aromatic nitrogens is 2. The summed E-state index contributed by atoms with van der Waals surface area (Å²) in [5.74, 6) is 0. The van der Waals surface area contributed by atoms with Gasteiger partial charge in [-0.25, -0.2) is 0 Å². The van der Waals surface area contributed by atoms with E-state index >= 15 is 0 Å². The zero-order valence-corrected chi connectivity index (χ0v) is 10.6. The van der Waals surface area contributed by atoms with Gasteiger partial charge in [-0.2, -0.15) is 5.10 Å². The largest absolute Gasteiger partial charge is 0.388 e. The molecule has 0 aromatic carbocycles. The molecule has 2 rings (SSSR count). The van der Waals surface area contributed by atoms with E-state index in [0.29, 0.717) is 6.42 Å². The molecule has 1 unspecified atom stereocenters. The first-order valence-electron chi connectivity index (χ1n) is 5.29. The molecule has 1 atom stereocenters. The molecule has 4 heteroatoms. The van der Waals surface area contributed by atoms with Gasteiger partial charge in [0.05, 0.1) is 12.3 Å². The molecule has 0 radical (unpaired) electrons. The highest BCUT2D eigenvalue weighted by atomic mass is 32.1. The third-order valence-electron chi connectivity index (χ3n) is 2.63. The van der Waals surface area contributed by atoms with Gasteiger partial charge in [0.1, 0.15) is 0 Å². The number of aliphatic hydroxyl groups is 1. The third-order valence-corrected chi connectivity index (χ3v) is 3.61. The van der Waals surface area contributed by atoms with Crippen LogP contribution in [0.4, 0.5) is 0 Å². The Kier molecular flexibility index (Phi) is 3.12. The maximum absolute atomic E-state index is 10.1. The van der Waals surface area contributed by atoms with Crippen molar-refractivity contribution in [2.45, 2.75) is 26.4 Å². The van der Waals surface area contributed by atoms with E-state index < -0.39 is 6.10 Å². The summed E-state index contributed by atoms with van der Waals surface area (Å²) in [5, 5.41) is 14.2. The van der Waals surface area contributed by atoms with Gasteiger partial charge in [0.15, 0.2) is 0 Å². The fourth-order valence-electron chi connectivity index (χ4n) is 1.89. The van der Waals surface area contributed by atoms with Crippen LogP contribution in [0.1, 0.15) is 27.0 Å². The SMILES string of the molecule is Cc1cc(C(O)Cc2cnn(C)c2)c(C)s1. The number of thiophene rings is 1. The van der Waals surface area contributed by atoms with Crippen LogP contribution in [0.5, 0.6) is 0 Å². The van der Waals surface area contributed by atoms with Gasteiger partial charge in [0, 0.05) is 29.4 Å². The van der Waals surface area contributed by atoms with Crippen LogP contribution in [-0.2, 0) is 13.5 Å². The van der Waals surface area contributed by atoms with Crippen LogP contribution in [-0.4, -0.2) is 14.9 Å². The minimum absolute atomic E-state index is 0.422. The van der Waals surface area contributed by atoms with Crippen LogP contribution in [0.25, 0.3) is 0 Å². The summed E-state index contributed by atoms with van der Waals surface area (Å²) < 4.78 is 1.76. The molecule has 0 bridgehead atoms. The zero-order chi connectivity index (χ0) is 11.7. The van der Waals surface area contributed by atoms with Crippen molar-refractivity contribution < 1.29 is 5.11 Å². The summed E-state index contributed by atoms with van der Waals surface area (Å²) in [6.07, 6.45) is 3.95. The second kappa shape index (κ2) is 4.39. The van der Waals surface area contributed by atoms with E-state index in [4.69, 9.17) is 0 Å². The first-order valence-corrected chi connectivity index (χ1v) is 6.10. The second-order valence-electron chi connectivity index (χ2n) is 4.11. The van der Waals surface area contributed by atoms with E-state index in [1.807, 2.05) is 13.2 Å². The molecule has 86 valence electrons. The van der Waals surface area contributed by atoms with Gasteiger partial charge in [-0.3, -0.25) is 4.68 Å². The molecule has 0 saturated heterocycles. The molecular formula is C12H16N2OS. The topological polar surface area (TPSA) is 38.1 Å². The predicted molar refractivity (Wildman–Crippen MR) is 65.7 cm³/mol. The Morgan fingerprint density at radius 3 is 2.75 bits per heavy atom. The van der Waals surface area contributed by atoms with Crippen LogP contribution >= 0.6 is 11.3 Å². The summed E-state index contributed by atoms with van der Waals surface area (Å²) >= 11 is 1.73. The average molecular weight is 236 g/mol. The molecular weight excluding hydrogens is 220 g/mol. The quantitative estimate of drug-likeness (QED) is 0.888. The predicted octanol–water partition coefficient (Wildman–Crippen LogP) is 2.37. The van der Waals surface area contributed by atoms with Crippen molar-refractivity contribution >= 4 is 11.3 Å². The molecule has 3 nitrogen and oxygen atoms in total. The van der Waals surface area contributed by atoms with Crippen molar-refractivity contribution in [1.29, 1.82) is 0 Å². The van der Waals surface area contributed by atoms with E-state index in [0.717, 1.165) is 11.1 Å². The van der Waals surface area contributed by atoms with E-state index in [1.165, 1.54) is 9.75 Å². The molecule has 0 saturated carbocycles. The van der Waals surface area contributed by atoms with Gasteiger partial charge in [-0.05, 0) is 31.0 Å². The van der Waals surface area contributed by atoms with Gasteiger partial charge in [0.25, 0.3) is 0 Å². The van der Waals surface area contributed by atoms with Crippen molar-refractivity contribution in [3.05, 3.63) is 39.3 Å². The van der Waals surface area contributed by atoms with Gasteiger partial charge < -0.3 is 5.11 Å². The fourth-order valence-corrected chi connectivity index (χ4v) is 2.87. The summed E-state index contributed by atoms with van der Waals surface area (Å²) in [6, 6.07) is 2.07. The molecule has 1 N–H and O–H groups in total. The average Bonchev–Trinajstić information content (AvgIpc) is 2.73. The summed E-state index contributed by atoms with van der Waals surface area (Å²) in [7, 11) is 1.88. The Morgan fingerprint density at radius 2 is 2.25 bits per heavy atom. The lowest BCUT2D eigenvalue weighted by Gasteiger charge is -2.08. The standard InChI is InChI=1S/C12H16N2OS/c1-8-4-11(9(2)16-8)12(15)5-10-6-13-14(3)7-10/h4,6-7,12,15H,5H2,1-3H3. The fraction of sp³-hybridized carbons (Fsp3) is 0.417. The molecule has 16 heavy (non-hydrogen) atoms. The molecule has 2 aromatic heterocycles. The third kappa shape index (κ3) is 2.33. The van der Waals surface area contributed by atoms with Crippen molar-refractivity contribution in [1.82, 2.24) is 9.78 Å². The smallest absolute Gasteiger partial charge is 0.0842 e. The van der Waals surface area contributed by atoms with E-state index in [2.05, 4.69) is 25.0 Å². The highest BCUT2D eigenvalue weighted by molar-refractivity contribution is 7.12. The lowest BCUT2D eigenvalue weighted by molar-refractivity contribution is 0.178. The minimum atomic E-state index is -0.422. The van der Waals surface area contributed by atoms with Gasteiger partial charge >= 0.3 is 0 Å². The van der Waals surface area contributed by atoms with Crippen molar-refractivity contribution in [3.63, 3.8) is 0 Å². The zero-order valence-electron chi connectivity index (χ0n) is 9.77. The number of aliphatic hydroxyl groups excluding tert-OH is 1. The minimum Gasteiger partial charge on any atom is -0.388 e. The van der Waals surface area contributed by atoms with E-state index in [-0.39, 0.29) is 0 Å². The Hall–Kier alpha value is -1.13. The van der Waals surface area contributed by atoms with Gasteiger partial charge in [-0.15, -0.1) is 11.3 Å². The van der Waals surface area contributed by atoms with Crippen LogP contribution < -0.4 is 0 Å². The highest BCUT2D eigenvalue weighted by Gasteiger charge is 2.14. The number of hydrogen-bond donors (Lipinski definition) is 1. The van der Waals surface area contributed by atoms with Crippen LogP contribution in [0.2, 0.25) is 0 Å². The number of rotatable bonds is 3. The first-order chi connectivity index (χ1) is 7.56. The van der Waals surface area contributed by atoms with Crippen molar-refractivity contribution in [2.24, 2.45) is 7.05 Å². The van der Waals surface area contributed by atoms with Crippen molar-refractivity contribution in [2.75, 3.05) is 0 Å². The highest BCUT2D eigenvalue weighted by Crippen LogP contribution is 2.28. The molecule has 2 aromatic rings. The summed E-state index contributed by atoms with van der Waals surface area (Å²) in [4.78, 5) is 2.45. The lowest BCUT2D eigenvalue weighted by atomic mass is 10.0. The molecule has 0 aliphatic carbocycles. The Labute approximate surface area is 99.4 Å². The number of nitrogens with zero attached hydrogens (tertiary/aromatic N) is 2. The maximum atomic E-state index is 10.1. The van der Waals surface area contributed by atoms with E-state index in [9.17, 15) is 5.11 Å². The molecule has 0 amide bonds. The second-order valence-corrected chi connectivity index (χ2v) is 5.57. The Balaban J connectivity index is 2.14. The molecule has 0 spiro atoms. The lowest BCUT2D eigenvalue weighted by Crippen LogP contribution is -2.01. The van der Waals surface area contributed by atoms with Crippen molar-refractivity contribution in [3.8, 4) is 0 Å². The molecule has 0 fully saturated rings. The number of aryl methyl sites for hydroxylation is 3. The van der Waals surface area contributed by atoms with Crippen LogP contribution in [0.15, 0.2) is 18.5 Å². The Bertz CT molecular complexity index is 487. The first kappa shape index (κ1) is 11.4. The normalized spacial score (nSPS) is 13.0. The van der Waals surface area contributed by atoms with Crippen LogP contribution in [0.3, 0.4) is 0 Å². The number of hydrogen-bond acceptors (Lipinski definition) is 3. The maximum Gasteiger partial charge on any atom is 0.0842 e. The molecule has 2 heterocycles. The molecule has 0 aliphatic heterocycles. The van der Waals surface area contributed by atoms with Crippen LogP contribution in [0, 0.1) is 13.8 Å². The summed E-state index contributed by atoms with van der Waals surface area (Å²) in [5.41, 5.74) is 2.12.